The van der Waals surface area contributed by atoms with Crippen molar-refractivity contribution in [2.45, 2.75) is 38.6 Å². The van der Waals surface area contributed by atoms with Gasteiger partial charge in [-0.25, -0.2) is 0 Å². The van der Waals surface area contributed by atoms with Crippen LogP contribution in [0.5, 0.6) is 5.75 Å². The summed E-state index contributed by atoms with van der Waals surface area (Å²) in [5.74, 6) is -0.465. The van der Waals surface area contributed by atoms with Crippen molar-refractivity contribution in [2.75, 3.05) is 20.3 Å². The van der Waals surface area contributed by atoms with Gasteiger partial charge in [-0.3, -0.25) is 14.4 Å². The van der Waals surface area contributed by atoms with Crippen molar-refractivity contribution >= 4 is 17.7 Å². The Labute approximate surface area is 183 Å². The number of benzene rings is 2. The highest BCUT2D eigenvalue weighted by Crippen LogP contribution is 2.38. The van der Waals surface area contributed by atoms with Gasteiger partial charge in [0.05, 0.1) is 19.1 Å². The molecule has 1 saturated heterocycles. The minimum Gasteiger partial charge on any atom is -0.497 e. The first-order valence-electron chi connectivity index (χ1n) is 10.7. The van der Waals surface area contributed by atoms with Crippen LogP contribution in [0, 0.1) is 5.92 Å². The summed E-state index contributed by atoms with van der Waals surface area (Å²) in [6.45, 7) is 2.34. The zero-order valence-electron chi connectivity index (χ0n) is 18.1. The molecule has 0 saturated carbocycles. The second-order valence-corrected chi connectivity index (χ2v) is 7.70. The van der Waals surface area contributed by atoms with Crippen molar-refractivity contribution in [1.29, 1.82) is 0 Å². The number of carbonyl (C=O) groups excluding carboxylic acids is 3. The van der Waals surface area contributed by atoms with E-state index < -0.39 is 17.9 Å². The molecule has 1 amide bonds. The van der Waals surface area contributed by atoms with Crippen LogP contribution in [0.15, 0.2) is 54.6 Å². The molecule has 2 atom stereocenters. The molecule has 1 aliphatic rings. The van der Waals surface area contributed by atoms with Crippen molar-refractivity contribution in [2.24, 2.45) is 5.92 Å². The lowest BCUT2D eigenvalue weighted by atomic mass is 9.84. The predicted octanol–water partition coefficient (Wildman–Crippen LogP) is 4.20. The monoisotopic (exact) mass is 423 g/mol. The molecule has 0 radical (unpaired) electrons. The van der Waals surface area contributed by atoms with Gasteiger partial charge in [0.25, 0.3) is 0 Å². The number of Topliss-reactive ketones (excluding diaryl/α,β-unsaturated/α-hetero) is 1. The lowest BCUT2D eigenvalue weighted by Gasteiger charge is -2.40. The second kappa shape index (κ2) is 10.8. The third-order valence-electron chi connectivity index (χ3n) is 5.66. The Morgan fingerprint density at radius 1 is 1.06 bits per heavy atom. The van der Waals surface area contributed by atoms with E-state index in [1.54, 1.807) is 36.3 Å². The number of ketones is 1. The zero-order valence-corrected chi connectivity index (χ0v) is 18.1. The zero-order chi connectivity index (χ0) is 22.2. The fourth-order valence-electron chi connectivity index (χ4n) is 3.96. The summed E-state index contributed by atoms with van der Waals surface area (Å²) >= 11 is 0. The van der Waals surface area contributed by atoms with Gasteiger partial charge in [-0.15, -0.1) is 0 Å². The third kappa shape index (κ3) is 5.51. The number of hydrogen-bond acceptors (Lipinski definition) is 5. The number of nitrogens with zero attached hydrogens (tertiary/aromatic N) is 1. The van der Waals surface area contributed by atoms with Crippen molar-refractivity contribution in [3.63, 3.8) is 0 Å². The summed E-state index contributed by atoms with van der Waals surface area (Å²) in [6, 6.07) is 15.8. The Hall–Kier alpha value is -3.15. The molecule has 164 valence electrons. The Morgan fingerprint density at radius 3 is 2.42 bits per heavy atom. The SMILES string of the molecule is CCCCN1C(=O)CC[C@@H](C(=O)OCC(=O)c2ccccc2)[C@H]1c1ccc(OC)cc1. The maximum absolute atomic E-state index is 13.0. The molecule has 1 fully saturated rings. The molecule has 2 aromatic carbocycles. The first kappa shape index (κ1) is 22.5. The van der Waals surface area contributed by atoms with Gasteiger partial charge in [-0.2, -0.15) is 0 Å². The molecule has 1 aliphatic heterocycles. The van der Waals surface area contributed by atoms with Crippen LogP contribution in [0.3, 0.4) is 0 Å². The first-order chi connectivity index (χ1) is 15.0. The van der Waals surface area contributed by atoms with Gasteiger partial charge in [0.15, 0.2) is 12.4 Å². The summed E-state index contributed by atoms with van der Waals surface area (Å²) in [5.41, 5.74) is 1.37. The molecule has 0 bridgehead atoms. The number of rotatable bonds is 9. The number of carbonyl (C=O) groups is 3. The fraction of sp³-hybridized carbons (Fsp3) is 0.400. The smallest absolute Gasteiger partial charge is 0.311 e. The van der Waals surface area contributed by atoms with E-state index in [1.807, 2.05) is 30.3 Å². The van der Waals surface area contributed by atoms with Gasteiger partial charge in [-0.05, 0) is 30.5 Å². The second-order valence-electron chi connectivity index (χ2n) is 7.70. The van der Waals surface area contributed by atoms with Crippen molar-refractivity contribution < 1.29 is 23.9 Å². The van der Waals surface area contributed by atoms with Crippen LogP contribution in [0.25, 0.3) is 0 Å². The van der Waals surface area contributed by atoms with Crippen LogP contribution in [0.1, 0.15) is 54.6 Å². The van der Waals surface area contributed by atoms with Gasteiger partial charge in [0.1, 0.15) is 5.75 Å². The van der Waals surface area contributed by atoms with E-state index in [0.29, 0.717) is 30.7 Å². The van der Waals surface area contributed by atoms with Crippen LogP contribution in [0.2, 0.25) is 0 Å². The normalized spacial score (nSPS) is 18.5. The quantitative estimate of drug-likeness (QED) is 0.446. The number of hydrogen-bond donors (Lipinski definition) is 0. The van der Waals surface area contributed by atoms with Crippen LogP contribution in [-0.2, 0) is 14.3 Å². The minimum atomic E-state index is -0.522. The Morgan fingerprint density at radius 2 is 1.77 bits per heavy atom. The van der Waals surface area contributed by atoms with Gasteiger partial charge >= 0.3 is 5.97 Å². The average molecular weight is 424 g/mol. The highest BCUT2D eigenvalue weighted by atomic mass is 16.5. The number of amides is 1. The van der Waals surface area contributed by atoms with Crippen molar-refractivity contribution in [3.8, 4) is 5.75 Å². The summed E-state index contributed by atoms with van der Waals surface area (Å²) in [4.78, 5) is 39.9. The molecule has 3 rings (SSSR count). The number of esters is 1. The predicted molar refractivity (Wildman–Crippen MR) is 117 cm³/mol. The Balaban J connectivity index is 1.80. The highest BCUT2D eigenvalue weighted by molar-refractivity contribution is 5.98. The molecular weight excluding hydrogens is 394 g/mol. The van der Waals surface area contributed by atoms with Gasteiger partial charge in [0.2, 0.25) is 5.91 Å². The lowest BCUT2D eigenvalue weighted by molar-refractivity contribution is -0.156. The number of unbranched alkanes of at least 4 members (excludes halogenated alkanes) is 1. The van der Waals surface area contributed by atoms with Crippen LogP contribution < -0.4 is 4.74 Å². The molecule has 6 heteroatoms. The third-order valence-corrected chi connectivity index (χ3v) is 5.66. The molecule has 0 N–H and O–H groups in total. The molecule has 0 unspecified atom stereocenters. The average Bonchev–Trinajstić information content (AvgIpc) is 2.82. The topological polar surface area (TPSA) is 72.9 Å². The Bertz CT molecular complexity index is 894. The molecule has 31 heavy (non-hydrogen) atoms. The summed E-state index contributed by atoms with van der Waals surface area (Å²) < 4.78 is 10.7. The number of ether oxygens (including phenoxy) is 2. The van der Waals surface area contributed by atoms with Crippen LogP contribution in [-0.4, -0.2) is 42.8 Å². The Kier molecular flexibility index (Phi) is 7.82. The fourth-order valence-corrected chi connectivity index (χ4v) is 3.96. The van der Waals surface area contributed by atoms with Gasteiger partial charge in [-0.1, -0.05) is 55.8 Å². The van der Waals surface area contributed by atoms with E-state index in [9.17, 15) is 14.4 Å². The van der Waals surface area contributed by atoms with E-state index in [2.05, 4.69) is 6.92 Å². The molecule has 0 spiro atoms. The van der Waals surface area contributed by atoms with E-state index in [-0.39, 0.29) is 18.3 Å². The maximum Gasteiger partial charge on any atom is 0.311 e. The van der Waals surface area contributed by atoms with Gasteiger partial charge in [0, 0.05) is 18.5 Å². The van der Waals surface area contributed by atoms with E-state index in [0.717, 1.165) is 18.4 Å². The molecular formula is C25H29NO5. The lowest BCUT2D eigenvalue weighted by Crippen LogP contribution is -2.46. The largest absolute Gasteiger partial charge is 0.497 e. The standard InChI is InChI=1S/C25H29NO5/c1-3-4-16-26-23(28)15-14-21(24(26)19-10-12-20(30-2)13-11-19)25(29)31-17-22(27)18-8-6-5-7-9-18/h5-13,21,24H,3-4,14-17H2,1-2H3/t21-,24-/m1/s1. The van der Waals surface area contributed by atoms with Gasteiger partial charge < -0.3 is 14.4 Å². The number of piperidine rings is 1. The molecule has 0 aliphatic carbocycles. The van der Waals surface area contributed by atoms with E-state index in [1.165, 1.54) is 0 Å². The first-order valence-corrected chi connectivity index (χ1v) is 10.7. The molecule has 0 aromatic heterocycles. The molecule has 1 heterocycles. The van der Waals surface area contributed by atoms with E-state index >= 15 is 0 Å². The number of methoxy groups -OCH3 is 1. The van der Waals surface area contributed by atoms with E-state index in [4.69, 9.17) is 9.47 Å². The molecule has 6 nitrogen and oxygen atoms in total. The summed E-state index contributed by atoms with van der Waals surface area (Å²) in [5, 5.41) is 0. The maximum atomic E-state index is 13.0. The van der Waals surface area contributed by atoms with Crippen molar-refractivity contribution in [3.05, 3.63) is 65.7 Å². The molecule has 2 aromatic rings. The van der Waals surface area contributed by atoms with Crippen molar-refractivity contribution in [1.82, 2.24) is 4.90 Å². The summed E-state index contributed by atoms with van der Waals surface area (Å²) in [7, 11) is 1.59. The van der Waals surface area contributed by atoms with Crippen LogP contribution in [0.4, 0.5) is 0 Å². The summed E-state index contributed by atoms with van der Waals surface area (Å²) in [6.07, 6.45) is 2.49. The minimum absolute atomic E-state index is 0.0404. The highest BCUT2D eigenvalue weighted by Gasteiger charge is 2.41. The van der Waals surface area contributed by atoms with Crippen LogP contribution >= 0.6 is 0 Å². The number of likely N-dealkylation sites (tertiary alicyclic amines) is 1.